The van der Waals surface area contributed by atoms with Crippen LogP contribution in [0.25, 0.3) is 0 Å². The summed E-state index contributed by atoms with van der Waals surface area (Å²) in [5, 5.41) is 0. The second-order valence-electron chi connectivity index (χ2n) is 7.42. The van der Waals surface area contributed by atoms with E-state index in [2.05, 4.69) is 55.8 Å². The van der Waals surface area contributed by atoms with Crippen molar-refractivity contribution in [3.05, 3.63) is 58.1 Å². The molecular weight excluding hydrogens is 352 g/mol. The van der Waals surface area contributed by atoms with Gasteiger partial charge in [-0.15, -0.1) is 11.8 Å². The number of hydrogen-bond donors (Lipinski definition) is 0. The number of carbonyl (C=O) groups is 1. The number of aryl methyl sites for hydroxylation is 4. The molecule has 0 fully saturated rings. The van der Waals surface area contributed by atoms with E-state index in [1.807, 2.05) is 39.4 Å². The second kappa shape index (κ2) is 9.23. The highest BCUT2D eigenvalue weighted by Gasteiger charge is 2.13. The minimum absolute atomic E-state index is 0.161. The SMILES string of the molecule is Cc1ccc(SCC(=O)c2cc(C)c(/N=C\N(C)C(C)C)cc2C)cc1C. The number of thioether (sulfide) groups is 1. The summed E-state index contributed by atoms with van der Waals surface area (Å²) in [6, 6.07) is 10.7. The molecular formula is C23H30N2OS. The Morgan fingerprint density at radius 3 is 2.37 bits per heavy atom. The fraction of sp³-hybridized carbons (Fsp3) is 0.391. The van der Waals surface area contributed by atoms with Crippen molar-refractivity contribution in [2.75, 3.05) is 12.8 Å². The molecule has 0 amide bonds. The van der Waals surface area contributed by atoms with Crippen LogP contribution in [0.5, 0.6) is 0 Å². The normalized spacial score (nSPS) is 11.4. The van der Waals surface area contributed by atoms with E-state index >= 15 is 0 Å². The van der Waals surface area contributed by atoms with E-state index in [1.54, 1.807) is 11.8 Å². The van der Waals surface area contributed by atoms with Gasteiger partial charge >= 0.3 is 0 Å². The van der Waals surface area contributed by atoms with E-state index in [4.69, 9.17) is 0 Å². The lowest BCUT2D eigenvalue weighted by Crippen LogP contribution is -2.24. The molecule has 0 radical (unpaired) electrons. The molecule has 0 N–H and O–H groups in total. The summed E-state index contributed by atoms with van der Waals surface area (Å²) >= 11 is 1.60. The number of aliphatic imine (C=N–C) groups is 1. The highest BCUT2D eigenvalue weighted by Crippen LogP contribution is 2.26. The fourth-order valence-electron chi connectivity index (χ4n) is 2.56. The standard InChI is InChI=1S/C23H30N2OS/c1-15(2)25(7)14-24-22-12-18(5)21(11-19(22)6)23(26)13-27-20-9-8-16(3)17(4)10-20/h8-12,14-15H,13H2,1-7H3/b24-14-. The summed E-state index contributed by atoms with van der Waals surface area (Å²) in [4.78, 5) is 20.5. The molecule has 4 heteroatoms. The van der Waals surface area contributed by atoms with Crippen LogP contribution in [0.2, 0.25) is 0 Å². The number of ketones is 1. The maximum atomic E-state index is 12.7. The molecule has 0 spiro atoms. The summed E-state index contributed by atoms with van der Waals surface area (Å²) in [6.07, 6.45) is 1.85. The van der Waals surface area contributed by atoms with Gasteiger partial charge in [0.1, 0.15) is 0 Å². The van der Waals surface area contributed by atoms with Crippen molar-refractivity contribution >= 4 is 29.6 Å². The largest absolute Gasteiger partial charge is 0.363 e. The first-order valence-electron chi connectivity index (χ1n) is 9.29. The van der Waals surface area contributed by atoms with Crippen molar-refractivity contribution in [1.29, 1.82) is 0 Å². The molecule has 0 saturated carbocycles. The molecule has 0 heterocycles. The van der Waals surface area contributed by atoms with Crippen molar-refractivity contribution in [2.45, 2.75) is 52.5 Å². The van der Waals surface area contributed by atoms with Crippen LogP contribution in [-0.4, -0.2) is 35.9 Å². The maximum Gasteiger partial charge on any atom is 0.173 e. The Labute approximate surface area is 167 Å². The first-order valence-corrected chi connectivity index (χ1v) is 10.3. The lowest BCUT2D eigenvalue weighted by Gasteiger charge is -2.17. The fourth-order valence-corrected chi connectivity index (χ4v) is 3.44. The zero-order valence-electron chi connectivity index (χ0n) is 17.5. The third-order valence-corrected chi connectivity index (χ3v) is 5.88. The van der Waals surface area contributed by atoms with Crippen LogP contribution in [-0.2, 0) is 0 Å². The molecule has 0 aliphatic rings. The summed E-state index contributed by atoms with van der Waals surface area (Å²) < 4.78 is 0. The van der Waals surface area contributed by atoms with Gasteiger partial charge in [0.15, 0.2) is 5.78 Å². The number of carbonyl (C=O) groups excluding carboxylic acids is 1. The molecule has 3 nitrogen and oxygen atoms in total. The van der Waals surface area contributed by atoms with E-state index in [0.29, 0.717) is 11.8 Å². The van der Waals surface area contributed by atoms with Crippen LogP contribution in [0.4, 0.5) is 5.69 Å². The van der Waals surface area contributed by atoms with Gasteiger partial charge in [-0.2, -0.15) is 0 Å². The summed E-state index contributed by atoms with van der Waals surface area (Å²) in [5.41, 5.74) is 6.24. The van der Waals surface area contributed by atoms with Crippen LogP contribution < -0.4 is 0 Å². The highest BCUT2D eigenvalue weighted by atomic mass is 32.2. The van der Waals surface area contributed by atoms with Gasteiger partial charge in [-0.3, -0.25) is 4.79 Å². The number of nitrogens with zero attached hydrogens (tertiary/aromatic N) is 2. The molecule has 0 bridgehead atoms. The van der Waals surface area contributed by atoms with E-state index in [9.17, 15) is 4.79 Å². The first-order chi connectivity index (χ1) is 12.7. The minimum atomic E-state index is 0.161. The molecule has 0 saturated heterocycles. The molecule has 0 atom stereocenters. The maximum absolute atomic E-state index is 12.7. The Morgan fingerprint density at radius 1 is 1.04 bits per heavy atom. The van der Waals surface area contributed by atoms with Crippen molar-refractivity contribution < 1.29 is 4.79 Å². The smallest absolute Gasteiger partial charge is 0.173 e. The van der Waals surface area contributed by atoms with Gasteiger partial charge in [0.2, 0.25) is 0 Å². The Bertz CT molecular complexity index is 856. The topological polar surface area (TPSA) is 32.7 Å². The van der Waals surface area contributed by atoms with Gasteiger partial charge in [0.25, 0.3) is 0 Å². The van der Waals surface area contributed by atoms with Crippen LogP contribution in [0.15, 0.2) is 40.2 Å². The van der Waals surface area contributed by atoms with Crippen LogP contribution in [0, 0.1) is 27.7 Å². The Kier molecular flexibility index (Phi) is 7.25. The lowest BCUT2D eigenvalue weighted by atomic mass is 10.0. The summed E-state index contributed by atoms with van der Waals surface area (Å²) in [7, 11) is 2.01. The molecule has 27 heavy (non-hydrogen) atoms. The predicted octanol–water partition coefficient (Wildman–Crippen LogP) is 5.90. The molecule has 2 rings (SSSR count). The van der Waals surface area contributed by atoms with Crippen molar-refractivity contribution in [3.8, 4) is 0 Å². The van der Waals surface area contributed by atoms with Gasteiger partial charge in [-0.1, -0.05) is 6.07 Å². The van der Waals surface area contributed by atoms with E-state index in [-0.39, 0.29) is 5.78 Å². The zero-order valence-corrected chi connectivity index (χ0v) is 18.3. The molecule has 0 unspecified atom stereocenters. The van der Waals surface area contributed by atoms with E-state index in [1.165, 1.54) is 11.1 Å². The number of Topliss-reactive ketones (excluding diaryl/α,β-unsaturated/α-hetero) is 1. The van der Waals surface area contributed by atoms with Crippen LogP contribution >= 0.6 is 11.8 Å². The van der Waals surface area contributed by atoms with Gasteiger partial charge in [0, 0.05) is 23.5 Å². The van der Waals surface area contributed by atoms with Gasteiger partial charge < -0.3 is 4.90 Å². The van der Waals surface area contributed by atoms with Gasteiger partial charge in [-0.25, -0.2) is 4.99 Å². The van der Waals surface area contributed by atoms with E-state index in [0.717, 1.165) is 27.3 Å². The van der Waals surface area contributed by atoms with Crippen molar-refractivity contribution in [1.82, 2.24) is 4.90 Å². The Morgan fingerprint density at radius 2 is 1.74 bits per heavy atom. The Balaban J connectivity index is 2.12. The molecule has 0 aliphatic carbocycles. The number of rotatable bonds is 7. The summed E-state index contributed by atoms with van der Waals surface area (Å²) in [6.45, 7) is 12.4. The lowest BCUT2D eigenvalue weighted by molar-refractivity contribution is 0.102. The molecule has 0 aromatic heterocycles. The average molecular weight is 383 g/mol. The molecule has 2 aromatic carbocycles. The average Bonchev–Trinajstić information content (AvgIpc) is 2.62. The Hall–Kier alpha value is -2.07. The highest BCUT2D eigenvalue weighted by molar-refractivity contribution is 8.00. The van der Waals surface area contributed by atoms with Crippen molar-refractivity contribution in [3.63, 3.8) is 0 Å². The van der Waals surface area contributed by atoms with Crippen molar-refractivity contribution in [2.24, 2.45) is 4.99 Å². The van der Waals surface area contributed by atoms with Gasteiger partial charge in [0.05, 0.1) is 17.8 Å². The zero-order chi connectivity index (χ0) is 20.1. The van der Waals surface area contributed by atoms with E-state index < -0.39 is 0 Å². The monoisotopic (exact) mass is 382 g/mol. The van der Waals surface area contributed by atoms with Crippen LogP contribution in [0.3, 0.4) is 0 Å². The molecule has 2 aromatic rings. The number of benzene rings is 2. The van der Waals surface area contributed by atoms with Crippen LogP contribution in [0.1, 0.15) is 46.5 Å². The quantitative estimate of drug-likeness (QED) is 0.259. The molecule has 144 valence electrons. The minimum Gasteiger partial charge on any atom is -0.363 e. The predicted molar refractivity (Wildman–Crippen MR) is 118 cm³/mol. The first kappa shape index (κ1) is 21.2. The van der Waals surface area contributed by atoms with Gasteiger partial charge in [-0.05, 0) is 88.1 Å². The second-order valence-corrected chi connectivity index (χ2v) is 8.46. The molecule has 0 aliphatic heterocycles. The third kappa shape index (κ3) is 5.70. The third-order valence-electron chi connectivity index (χ3n) is 4.89. The number of hydrogen-bond acceptors (Lipinski definition) is 3. The summed E-state index contributed by atoms with van der Waals surface area (Å²) in [5.74, 6) is 0.607.